The molecular weight excluding hydrogens is 364 g/mol. The second-order valence-corrected chi connectivity index (χ2v) is 7.82. The maximum absolute atomic E-state index is 12.7. The third-order valence-corrected chi connectivity index (χ3v) is 5.69. The number of nitrogens with zero attached hydrogens (tertiary/aromatic N) is 3. The van der Waals surface area contributed by atoms with Crippen molar-refractivity contribution in [1.29, 1.82) is 0 Å². The Bertz CT molecular complexity index is 985. The van der Waals surface area contributed by atoms with Crippen molar-refractivity contribution in [3.8, 4) is 5.69 Å². The standard InChI is InChI=1S/C23H26N4O2/c1-15-3-8-19(9-4-15)27-16(2)21(14-25-27)23(29)26-18-7-12-22(24-13-18)17-5-10-20(28)11-6-17/h3-4,7-9,12-14,17,20,28H,5-6,10-11H2,1-2H3,(H,26,29)/t17-,20-. The fourth-order valence-corrected chi connectivity index (χ4v) is 3.87. The molecule has 1 saturated carbocycles. The maximum Gasteiger partial charge on any atom is 0.259 e. The molecule has 0 atom stereocenters. The van der Waals surface area contributed by atoms with Crippen LogP contribution in [-0.4, -0.2) is 31.9 Å². The number of aliphatic hydroxyl groups excluding tert-OH is 1. The molecule has 2 aromatic heterocycles. The molecule has 29 heavy (non-hydrogen) atoms. The lowest BCUT2D eigenvalue weighted by Gasteiger charge is -2.24. The molecule has 1 fully saturated rings. The SMILES string of the molecule is Cc1ccc(-n2ncc(C(=O)Nc3ccc([C@H]4CC[C@H](O)CC4)nc3)c2C)cc1. The summed E-state index contributed by atoms with van der Waals surface area (Å²) in [5, 5.41) is 17.0. The quantitative estimate of drug-likeness (QED) is 0.701. The van der Waals surface area contributed by atoms with E-state index in [2.05, 4.69) is 15.4 Å². The van der Waals surface area contributed by atoms with Crippen LogP contribution in [0, 0.1) is 13.8 Å². The third-order valence-electron chi connectivity index (χ3n) is 5.69. The van der Waals surface area contributed by atoms with E-state index in [1.165, 1.54) is 5.56 Å². The van der Waals surface area contributed by atoms with Crippen molar-refractivity contribution in [3.63, 3.8) is 0 Å². The lowest BCUT2D eigenvalue weighted by Crippen LogP contribution is -2.18. The number of aromatic nitrogens is 3. The van der Waals surface area contributed by atoms with Crippen molar-refractivity contribution in [2.45, 2.75) is 51.6 Å². The Balaban J connectivity index is 1.45. The van der Waals surface area contributed by atoms with Crippen molar-refractivity contribution in [1.82, 2.24) is 14.8 Å². The predicted octanol–water partition coefficient (Wildman–Crippen LogP) is 4.15. The molecule has 0 radical (unpaired) electrons. The van der Waals surface area contributed by atoms with E-state index in [0.717, 1.165) is 42.8 Å². The maximum atomic E-state index is 12.7. The van der Waals surface area contributed by atoms with E-state index >= 15 is 0 Å². The van der Waals surface area contributed by atoms with Crippen LogP contribution in [0.2, 0.25) is 0 Å². The van der Waals surface area contributed by atoms with Crippen LogP contribution in [0.25, 0.3) is 5.69 Å². The third kappa shape index (κ3) is 4.22. The number of benzene rings is 1. The van der Waals surface area contributed by atoms with E-state index in [9.17, 15) is 9.90 Å². The lowest BCUT2D eigenvalue weighted by atomic mass is 9.85. The van der Waals surface area contributed by atoms with Crippen LogP contribution in [0.3, 0.4) is 0 Å². The number of hydrogen-bond acceptors (Lipinski definition) is 4. The van der Waals surface area contributed by atoms with E-state index in [0.29, 0.717) is 17.2 Å². The molecule has 6 nitrogen and oxygen atoms in total. The number of carbonyl (C=O) groups excluding carboxylic acids is 1. The fourth-order valence-electron chi connectivity index (χ4n) is 3.87. The van der Waals surface area contributed by atoms with Gasteiger partial charge in [-0.2, -0.15) is 5.10 Å². The largest absolute Gasteiger partial charge is 0.393 e. The Morgan fingerprint density at radius 3 is 2.41 bits per heavy atom. The zero-order chi connectivity index (χ0) is 20.4. The molecule has 2 N–H and O–H groups in total. The van der Waals surface area contributed by atoms with E-state index in [4.69, 9.17) is 0 Å². The van der Waals surface area contributed by atoms with E-state index in [1.54, 1.807) is 17.1 Å². The molecule has 0 unspecified atom stereocenters. The Kier molecular flexibility index (Phi) is 5.45. The zero-order valence-electron chi connectivity index (χ0n) is 16.8. The molecule has 0 bridgehead atoms. The Hall–Kier alpha value is -2.99. The van der Waals surface area contributed by atoms with Gasteiger partial charge in [-0.05, 0) is 63.8 Å². The first-order valence-corrected chi connectivity index (χ1v) is 10.1. The summed E-state index contributed by atoms with van der Waals surface area (Å²) in [5.74, 6) is 0.189. The van der Waals surface area contributed by atoms with Gasteiger partial charge >= 0.3 is 0 Å². The minimum Gasteiger partial charge on any atom is -0.393 e. The second-order valence-electron chi connectivity index (χ2n) is 7.82. The summed E-state index contributed by atoms with van der Waals surface area (Å²) in [6, 6.07) is 11.9. The number of pyridine rings is 1. The molecule has 1 aliphatic rings. The van der Waals surface area contributed by atoms with Gasteiger partial charge in [-0.1, -0.05) is 17.7 Å². The van der Waals surface area contributed by atoms with Crippen LogP contribution < -0.4 is 5.32 Å². The van der Waals surface area contributed by atoms with Gasteiger partial charge in [0, 0.05) is 11.6 Å². The van der Waals surface area contributed by atoms with Gasteiger partial charge in [-0.3, -0.25) is 9.78 Å². The number of hydrogen-bond donors (Lipinski definition) is 2. The average molecular weight is 390 g/mol. The highest BCUT2D eigenvalue weighted by Crippen LogP contribution is 2.32. The molecular formula is C23H26N4O2. The van der Waals surface area contributed by atoms with Gasteiger partial charge in [-0.15, -0.1) is 0 Å². The minimum absolute atomic E-state index is 0.172. The average Bonchev–Trinajstić information content (AvgIpc) is 3.11. The molecule has 2 heterocycles. The number of anilines is 1. The summed E-state index contributed by atoms with van der Waals surface area (Å²) in [6.45, 7) is 3.93. The molecule has 6 heteroatoms. The monoisotopic (exact) mass is 390 g/mol. The molecule has 0 aliphatic heterocycles. The number of aryl methyl sites for hydroxylation is 1. The van der Waals surface area contributed by atoms with Crippen molar-refractivity contribution in [3.05, 3.63) is 71.3 Å². The zero-order valence-corrected chi connectivity index (χ0v) is 16.8. The summed E-state index contributed by atoms with van der Waals surface area (Å²) in [4.78, 5) is 17.3. The van der Waals surface area contributed by atoms with E-state index in [1.807, 2.05) is 50.2 Å². The molecule has 150 valence electrons. The van der Waals surface area contributed by atoms with Crippen molar-refractivity contribution in [2.75, 3.05) is 5.32 Å². The van der Waals surface area contributed by atoms with Gasteiger partial charge < -0.3 is 10.4 Å². The number of nitrogens with one attached hydrogen (secondary N) is 1. The molecule has 1 aromatic carbocycles. The highest BCUT2D eigenvalue weighted by Gasteiger charge is 2.22. The number of amides is 1. The first kappa shape index (κ1) is 19.3. The fraction of sp³-hybridized carbons (Fsp3) is 0.348. The molecule has 1 amide bonds. The highest BCUT2D eigenvalue weighted by atomic mass is 16.3. The van der Waals surface area contributed by atoms with Crippen molar-refractivity contribution in [2.24, 2.45) is 0 Å². The number of rotatable bonds is 4. The summed E-state index contributed by atoms with van der Waals surface area (Å²) in [5.41, 5.74) is 5.12. The number of aliphatic hydroxyl groups is 1. The number of carbonyl (C=O) groups is 1. The van der Waals surface area contributed by atoms with Crippen molar-refractivity contribution >= 4 is 11.6 Å². The summed E-state index contributed by atoms with van der Waals surface area (Å²) >= 11 is 0. The van der Waals surface area contributed by atoms with Gasteiger partial charge in [-0.25, -0.2) is 4.68 Å². The van der Waals surface area contributed by atoms with Crippen LogP contribution >= 0.6 is 0 Å². The van der Waals surface area contributed by atoms with E-state index in [-0.39, 0.29) is 12.0 Å². The minimum atomic E-state index is -0.198. The molecule has 4 rings (SSSR count). The van der Waals surface area contributed by atoms with Crippen LogP contribution in [0.15, 0.2) is 48.8 Å². The smallest absolute Gasteiger partial charge is 0.259 e. The summed E-state index contributed by atoms with van der Waals surface area (Å²) in [7, 11) is 0. The predicted molar refractivity (Wildman–Crippen MR) is 112 cm³/mol. The van der Waals surface area contributed by atoms with Crippen LogP contribution in [0.4, 0.5) is 5.69 Å². The Morgan fingerprint density at radius 1 is 1.03 bits per heavy atom. The van der Waals surface area contributed by atoms with Gasteiger partial charge in [0.1, 0.15) is 0 Å². The van der Waals surface area contributed by atoms with Gasteiger partial charge in [0.25, 0.3) is 5.91 Å². The molecule has 0 spiro atoms. The van der Waals surface area contributed by atoms with Gasteiger partial charge in [0.05, 0.1) is 41.1 Å². The Labute approximate surface area is 170 Å². The summed E-state index contributed by atoms with van der Waals surface area (Å²) in [6.07, 6.45) is 6.70. The first-order valence-electron chi connectivity index (χ1n) is 10.1. The Morgan fingerprint density at radius 2 is 1.76 bits per heavy atom. The van der Waals surface area contributed by atoms with Crippen LogP contribution in [0.1, 0.15) is 58.9 Å². The topological polar surface area (TPSA) is 80.0 Å². The van der Waals surface area contributed by atoms with Crippen LogP contribution in [0.5, 0.6) is 0 Å². The normalized spacial score (nSPS) is 19.1. The van der Waals surface area contributed by atoms with Gasteiger partial charge in [0.15, 0.2) is 0 Å². The molecule has 1 aliphatic carbocycles. The van der Waals surface area contributed by atoms with E-state index < -0.39 is 0 Å². The van der Waals surface area contributed by atoms with Gasteiger partial charge in [0.2, 0.25) is 0 Å². The lowest BCUT2D eigenvalue weighted by molar-refractivity contribution is 0.102. The summed E-state index contributed by atoms with van der Waals surface area (Å²) < 4.78 is 1.77. The molecule has 0 saturated heterocycles. The van der Waals surface area contributed by atoms with Crippen molar-refractivity contribution < 1.29 is 9.90 Å². The van der Waals surface area contributed by atoms with Crippen LogP contribution in [-0.2, 0) is 0 Å². The highest BCUT2D eigenvalue weighted by molar-refractivity contribution is 6.04. The second kappa shape index (κ2) is 8.17. The molecule has 3 aromatic rings. The first-order chi connectivity index (χ1) is 14.0.